The second-order valence-corrected chi connectivity index (χ2v) is 8.10. The lowest BCUT2D eigenvalue weighted by Crippen LogP contribution is -2.46. The molecule has 0 aliphatic carbocycles. The van der Waals surface area contributed by atoms with Crippen LogP contribution in [0.5, 0.6) is 0 Å². The number of ether oxygens (including phenoxy) is 1. The van der Waals surface area contributed by atoms with E-state index < -0.39 is 0 Å². The average molecular weight is 545 g/mol. The third-order valence-corrected chi connectivity index (χ3v) is 5.78. The van der Waals surface area contributed by atoms with E-state index in [1.807, 2.05) is 0 Å². The molecule has 0 bridgehead atoms. The third-order valence-electron chi connectivity index (χ3n) is 5.78. The minimum Gasteiger partial charge on any atom is -0.379 e. The van der Waals surface area contributed by atoms with Crippen molar-refractivity contribution in [3.63, 3.8) is 0 Å². The highest BCUT2D eigenvalue weighted by molar-refractivity contribution is 14.0. The van der Waals surface area contributed by atoms with Crippen LogP contribution in [-0.2, 0) is 11.3 Å². The largest absolute Gasteiger partial charge is 0.379 e. The van der Waals surface area contributed by atoms with Gasteiger partial charge in [0.15, 0.2) is 5.96 Å². The Morgan fingerprint density at radius 1 is 0.903 bits per heavy atom. The first-order valence-corrected chi connectivity index (χ1v) is 11.6. The van der Waals surface area contributed by atoms with Crippen LogP contribution in [0.15, 0.2) is 35.3 Å². The second-order valence-electron chi connectivity index (χ2n) is 8.10. The van der Waals surface area contributed by atoms with Crippen molar-refractivity contribution in [2.45, 2.75) is 19.9 Å². The number of morpholine rings is 1. The van der Waals surface area contributed by atoms with E-state index in [-0.39, 0.29) is 24.0 Å². The Morgan fingerprint density at radius 3 is 2.29 bits per heavy atom. The number of nitrogens with one attached hydrogen (secondary N) is 2. The summed E-state index contributed by atoms with van der Waals surface area (Å²) in [7, 11) is 0. The van der Waals surface area contributed by atoms with E-state index in [2.05, 4.69) is 62.6 Å². The number of piperazine rings is 1. The van der Waals surface area contributed by atoms with E-state index in [1.165, 1.54) is 5.56 Å². The van der Waals surface area contributed by atoms with Crippen molar-refractivity contribution in [3.8, 4) is 0 Å². The minimum absolute atomic E-state index is 0. The van der Waals surface area contributed by atoms with Gasteiger partial charge in [-0.05, 0) is 18.9 Å². The topological polar surface area (TPSA) is 55.4 Å². The zero-order valence-corrected chi connectivity index (χ0v) is 21.4. The van der Waals surface area contributed by atoms with Crippen LogP contribution < -0.4 is 10.6 Å². The van der Waals surface area contributed by atoms with Gasteiger partial charge < -0.3 is 20.3 Å². The van der Waals surface area contributed by atoms with E-state index in [0.29, 0.717) is 0 Å². The summed E-state index contributed by atoms with van der Waals surface area (Å²) in [5.41, 5.74) is 1.41. The summed E-state index contributed by atoms with van der Waals surface area (Å²) in [4.78, 5) is 12.3. The molecule has 176 valence electrons. The van der Waals surface area contributed by atoms with Crippen LogP contribution in [0.3, 0.4) is 0 Å². The average Bonchev–Trinajstić information content (AvgIpc) is 2.79. The molecule has 0 unspecified atom stereocenters. The molecular weight excluding hydrogens is 503 g/mol. The SMILES string of the molecule is CCNC(=NCCCN1CCN(Cc2ccccc2)CC1)NCCN1CCOCC1.I. The van der Waals surface area contributed by atoms with Crippen molar-refractivity contribution < 1.29 is 4.74 Å². The molecule has 2 fully saturated rings. The molecule has 1 aromatic rings. The van der Waals surface area contributed by atoms with Gasteiger partial charge in [-0.15, -0.1) is 24.0 Å². The molecule has 3 rings (SSSR count). The lowest BCUT2D eigenvalue weighted by Gasteiger charge is -2.34. The van der Waals surface area contributed by atoms with Gasteiger partial charge in [0, 0.05) is 78.5 Å². The van der Waals surface area contributed by atoms with Crippen molar-refractivity contribution in [1.82, 2.24) is 25.3 Å². The molecule has 0 spiro atoms. The Labute approximate surface area is 205 Å². The van der Waals surface area contributed by atoms with E-state index in [0.717, 1.165) is 104 Å². The number of aliphatic imine (C=N–C) groups is 1. The molecule has 31 heavy (non-hydrogen) atoms. The number of benzene rings is 1. The Bertz CT molecular complexity index is 603. The molecule has 1 aromatic carbocycles. The summed E-state index contributed by atoms with van der Waals surface area (Å²) in [6.07, 6.45) is 1.11. The van der Waals surface area contributed by atoms with Gasteiger partial charge >= 0.3 is 0 Å². The summed E-state index contributed by atoms with van der Waals surface area (Å²) >= 11 is 0. The van der Waals surface area contributed by atoms with E-state index in [4.69, 9.17) is 9.73 Å². The highest BCUT2D eigenvalue weighted by Gasteiger charge is 2.16. The summed E-state index contributed by atoms with van der Waals surface area (Å²) in [5, 5.41) is 6.83. The predicted octanol–water partition coefficient (Wildman–Crippen LogP) is 1.70. The van der Waals surface area contributed by atoms with Crippen molar-refractivity contribution in [1.29, 1.82) is 0 Å². The zero-order valence-electron chi connectivity index (χ0n) is 19.1. The van der Waals surface area contributed by atoms with Crippen LogP contribution in [0.4, 0.5) is 0 Å². The van der Waals surface area contributed by atoms with Gasteiger partial charge in [0.05, 0.1) is 13.2 Å². The number of nitrogens with zero attached hydrogens (tertiary/aromatic N) is 4. The molecule has 0 radical (unpaired) electrons. The summed E-state index contributed by atoms with van der Waals surface area (Å²) in [6.45, 7) is 16.5. The maximum absolute atomic E-state index is 5.41. The zero-order chi connectivity index (χ0) is 20.9. The number of guanidine groups is 1. The summed E-state index contributed by atoms with van der Waals surface area (Å²) in [6, 6.07) is 10.8. The summed E-state index contributed by atoms with van der Waals surface area (Å²) in [5.74, 6) is 0.943. The van der Waals surface area contributed by atoms with Gasteiger partial charge in [0.25, 0.3) is 0 Å². The fourth-order valence-electron chi connectivity index (χ4n) is 4.00. The first-order chi connectivity index (χ1) is 14.8. The van der Waals surface area contributed by atoms with Gasteiger partial charge in [-0.1, -0.05) is 30.3 Å². The lowest BCUT2D eigenvalue weighted by atomic mass is 10.2. The monoisotopic (exact) mass is 544 g/mol. The molecular formula is C23H41IN6O. The van der Waals surface area contributed by atoms with Crippen molar-refractivity contribution in [3.05, 3.63) is 35.9 Å². The maximum Gasteiger partial charge on any atom is 0.191 e. The molecule has 8 heteroatoms. The Balaban J connectivity index is 0.00000341. The Hall–Kier alpha value is -0.940. The molecule has 7 nitrogen and oxygen atoms in total. The fourth-order valence-corrected chi connectivity index (χ4v) is 4.00. The van der Waals surface area contributed by atoms with Gasteiger partial charge in [0.2, 0.25) is 0 Å². The summed E-state index contributed by atoms with van der Waals surface area (Å²) < 4.78 is 5.41. The number of hydrogen-bond donors (Lipinski definition) is 2. The van der Waals surface area contributed by atoms with Crippen LogP contribution in [0.1, 0.15) is 18.9 Å². The number of rotatable bonds is 10. The van der Waals surface area contributed by atoms with Crippen molar-refractivity contribution in [2.24, 2.45) is 4.99 Å². The Kier molecular flexibility index (Phi) is 13.4. The van der Waals surface area contributed by atoms with Crippen LogP contribution >= 0.6 is 24.0 Å². The van der Waals surface area contributed by atoms with E-state index in [1.54, 1.807) is 0 Å². The van der Waals surface area contributed by atoms with Gasteiger partial charge in [-0.3, -0.25) is 14.8 Å². The highest BCUT2D eigenvalue weighted by Crippen LogP contribution is 2.08. The van der Waals surface area contributed by atoms with Crippen LogP contribution in [0, 0.1) is 0 Å². The molecule has 0 saturated carbocycles. The van der Waals surface area contributed by atoms with Crippen LogP contribution in [0.25, 0.3) is 0 Å². The fraction of sp³-hybridized carbons (Fsp3) is 0.696. The molecule has 2 heterocycles. The van der Waals surface area contributed by atoms with E-state index in [9.17, 15) is 0 Å². The normalized spacial score (nSPS) is 19.1. The Morgan fingerprint density at radius 2 is 1.58 bits per heavy atom. The molecule has 2 saturated heterocycles. The standard InChI is InChI=1S/C23H40N6O.HI/c1-2-24-23(26-10-12-28-17-19-30-20-18-28)25-9-6-11-27-13-15-29(16-14-27)21-22-7-4-3-5-8-22;/h3-5,7-8H,2,6,9-21H2,1H3,(H2,24,25,26);1H. The van der Waals surface area contributed by atoms with Gasteiger partial charge in [0.1, 0.15) is 0 Å². The minimum atomic E-state index is 0. The maximum atomic E-state index is 5.41. The van der Waals surface area contributed by atoms with Crippen LogP contribution in [-0.4, -0.2) is 106 Å². The first-order valence-electron chi connectivity index (χ1n) is 11.6. The van der Waals surface area contributed by atoms with Gasteiger partial charge in [-0.2, -0.15) is 0 Å². The van der Waals surface area contributed by atoms with Crippen molar-refractivity contribution >= 4 is 29.9 Å². The molecule has 0 atom stereocenters. The quantitative estimate of drug-likeness (QED) is 0.203. The second kappa shape index (κ2) is 15.8. The first kappa shape index (κ1) is 26.3. The van der Waals surface area contributed by atoms with Crippen LogP contribution in [0.2, 0.25) is 0 Å². The predicted molar refractivity (Wildman–Crippen MR) is 139 cm³/mol. The van der Waals surface area contributed by atoms with Crippen molar-refractivity contribution in [2.75, 3.05) is 85.2 Å². The van der Waals surface area contributed by atoms with E-state index >= 15 is 0 Å². The lowest BCUT2D eigenvalue weighted by molar-refractivity contribution is 0.0389. The van der Waals surface area contributed by atoms with Gasteiger partial charge in [-0.25, -0.2) is 0 Å². The molecule has 2 N–H and O–H groups in total. The molecule has 2 aliphatic rings. The number of halogens is 1. The third kappa shape index (κ3) is 10.5. The molecule has 2 aliphatic heterocycles. The number of hydrogen-bond acceptors (Lipinski definition) is 5. The smallest absolute Gasteiger partial charge is 0.191 e. The molecule has 0 amide bonds. The highest BCUT2D eigenvalue weighted by atomic mass is 127. The molecule has 0 aromatic heterocycles.